The van der Waals surface area contributed by atoms with E-state index >= 15 is 0 Å². The van der Waals surface area contributed by atoms with Crippen LogP contribution in [-0.4, -0.2) is 37.0 Å². The van der Waals surface area contributed by atoms with E-state index in [0.29, 0.717) is 6.42 Å². The zero-order valence-corrected chi connectivity index (χ0v) is 13.2. The molecule has 0 fully saturated rings. The first-order chi connectivity index (χ1) is 11.0. The molecular formula is C17H20N2O4. The third kappa shape index (κ3) is 6.22. The van der Waals surface area contributed by atoms with Gasteiger partial charge in [0, 0.05) is 19.8 Å². The summed E-state index contributed by atoms with van der Waals surface area (Å²) in [5, 5.41) is 5.10. The molecule has 0 spiro atoms. The Kier molecular flexibility index (Phi) is 7.34. The molecule has 122 valence electrons. The first-order valence-electron chi connectivity index (χ1n) is 7.10. The molecule has 0 bridgehead atoms. The molecule has 1 aromatic carbocycles. The molecular weight excluding hydrogens is 296 g/mol. The molecule has 0 aromatic heterocycles. The Balaban J connectivity index is 2.84. The van der Waals surface area contributed by atoms with Crippen LogP contribution in [0.3, 0.4) is 0 Å². The summed E-state index contributed by atoms with van der Waals surface area (Å²) in [6.07, 6.45) is 5.51. The molecule has 23 heavy (non-hydrogen) atoms. The fourth-order valence-corrected chi connectivity index (χ4v) is 2.03. The average molecular weight is 316 g/mol. The van der Waals surface area contributed by atoms with Crippen molar-refractivity contribution in [1.82, 2.24) is 10.6 Å². The fourth-order valence-electron chi connectivity index (χ4n) is 2.03. The zero-order chi connectivity index (χ0) is 17.2. The summed E-state index contributed by atoms with van der Waals surface area (Å²) in [5.41, 5.74) is 0.882. The van der Waals surface area contributed by atoms with Gasteiger partial charge in [-0.15, -0.1) is 12.3 Å². The van der Waals surface area contributed by atoms with Crippen LogP contribution in [-0.2, 0) is 25.5 Å². The number of hydrogen-bond acceptors (Lipinski definition) is 4. The second-order valence-corrected chi connectivity index (χ2v) is 4.94. The Morgan fingerprint density at radius 1 is 1.17 bits per heavy atom. The molecule has 0 saturated heterocycles. The van der Waals surface area contributed by atoms with Crippen LogP contribution in [0.2, 0.25) is 0 Å². The number of methoxy groups -OCH3 is 1. The van der Waals surface area contributed by atoms with Gasteiger partial charge < -0.3 is 15.4 Å². The molecule has 2 N–H and O–H groups in total. The van der Waals surface area contributed by atoms with Crippen LogP contribution in [0.15, 0.2) is 30.3 Å². The van der Waals surface area contributed by atoms with Crippen LogP contribution in [0.5, 0.6) is 0 Å². The van der Waals surface area contributed by atoms with Crippen LogP contribution < -0.4 is 10.6 Å². The third-order valence-electron chi connectivity index (χ3n) is 3.10. The normalized spacial score (nSPS) is 12.4. The van der Waals surface area contributed by atoms with Crippen LogP contribution in [0.1, 0.15) is 18.9 Å². The van der Waals surface area contributed by atoms with E-state index in [1.807, 2.05) is 30.3 Å². The summed E-state index contributed by atoms with van der Waals surface area (Å²) < 4.78 is 4.61. The van der Waals surface area contributed by atoms with E-state index in [1.165, 1.54) is 14.0 Å². The lowest BCUT2D eigenvalue weighted by Gasteiger charge is -2.21. The number of nitrogens with one attached hydrogen (secondary N) is 2. The second kappa shape index (κ2) is 9.26. The Hall–Kier alpha value is -2.81. The molecule has 6 heteroatoms. The highest BCUT2D eigenvalue weighted by atomic mass is 16.5. The fraction of sp³-hybridized carbons (Fsp3) is 0.353. The Morgan fingerprint density at radius 2 is 1.83 bits per heavy atom. The van der Waals surface area contributed by atoms with Crippen molar-refractivity contribution in [3.63, 3.8) is 0 Å². The summed E-state index contributed by atoms with van der Waals surface area (Å²) in [6, 6.07) is 7.49. The number of amides is 2. The van der Waals surface area contributed by atoms with Crippen molar-refractivity contribution in [3.05, 3.63) is 35.9 Å². The predicted octanol–water partition coefficient (Wildman–Crippen LogP) is 0.415. The van der Waals surface area contributed by atoms with Crippen LogP contribution in [0.25, 0.3) is 0 Å². The van der Waals surface area contributed by atoms with Crippen molar-refractivity contribution in [3.8, 4) is 12.3 Å². The first kappa shape index (κ1) is 18.2. The van der Waals surface area contributed by atoms with E-state index in [-0.39, 0.29) is 12.3 Å². The van der Waals surface area contributed by atoms with Gasteiger partial charge in [-0.3, -0.25) is 9.59 Å². The van der Waals surface area contributed by atoms with Gasteiger partial charge in [0.1, 0.15) is 12.1 Å². The number of hydrogen-bond donors (Lipinski definition) is 2. The smallest absolute Gasteiger partial charge is 0.329 e. The molecule has 0 saturated carbocycles. The van der Waals surface area contributed by atoms with Crippen molar-refractivity contribution >= 4 is 17.8 Å². The summed E-state index contributed by atoms with van der Waals surface area (Å²) in [6.45, 7) is 1.32. The third-order valence-corrected chi connectivity index (χ3v) is 3.10. The molecule has 1 rings (SSSR count). The second-order valence-electron chi connectivity index (χ2n) is 4.94. The highest BCUT2D eigenvalue weighted by molar-refractivity contribution is 5.90. The Morgan fingerprint density at radius 3 is 2.35 bits per heavy atom. The van der Waals surface area contributed by atoms with Crippen LogP contribution >= 0.6 is 0 Å². The quantitative estimate of drug-likeness (QED) is 0.564. The molecule has 2 amide bonds. The van der Waals surface area contributed by atoms with E-state index in [9.17, 15) is 14.4 Å². The number of rotatable bonds is 7. The number of ether oxygens (including phenoxy) is 1. The van der Waals surface area contributed by atoms with Gasteiger partial charge in [-0.1, -0.05) is 30.3 Å². The topological polar surface area (TPSA) is 84.5 Å². The molecule has 0 aliphatic rings. The average Bonchev–Trinajstić information content (AvgIpc) is 2.53. The minimum atomic E-state index is -0.940. The van der Waals surface area contributed by atoms with E-state index in [1.54, 1.807) is 0 Å². The maximum Gasteiger partial charge on any atom is 0.329 e. The number of benzene rings is 1. The molecule has 0 heterocycles. The van der Waals surface area contributed by atoms with Gasteiger partial charge in [0.05, 0.1) is 7.11 Å². The van der Waals surface area contributed by atoms with Crippen molar-refractivity contribution in [2.45, 2.75) is 31.8 Å². The predicted molar refractivity (Wildman–Crippen MR) is 85.1 cm³/mol. The highest BCUT2D eigenvalue weighted by Crippen LogP contribution is 2.05. The van der Waals surface area contributed by atoms with Crippen molar-refractivity contribution in [1.29, 1.82) is 0 Å². The van der Waals surface area contributed by atoms with Gasteiger partial charge in [0.2, 0.25) is 11.8 Å². The number of esters is 1. The standard InChI is InChI=1S/C17H20N2O4/c1-4-8-14(17(22)23-3)19-16(21)15(18-12(2)20)11-13-9-6-5-7-10-13/h1,5-7,9-10,14-15H,8,11H2,2-3H3,(H,18,20)(H,19,21)/t14-,15-/m0/s1. The maximum atomic E-state index is 12.4. The van der Waals surface area contributed by atoms with Gasteiger partial charge >= 0.3 is 5.97 Å². The molecule has 0 aliphatic heterocycles. The minimum absolute atomic E-state index is 0.0105. The molecule has 0 aliphatic carbocycles. The highest BCUT2D eigenvalue weighted by Gasteiger charge is 2.26. The van der Waals surface area contributed by atoms with E-state index in [2.05, 4.69) is 21.3 Å². The minimum Gasteiger partial charge on any atom is -0.467 e. The van der Waals surface area contributed by atoms with Crippen LogP contribution in [0, 0.1) is 12.3 Å². The summed E-state index contributed by atoms with van der Waals surface area (Å²) >= 11 is 0. The monoisotopic (exact) mass is 316 g/mol. The maximum absolute atomic E-state index is 12.4. The molecule has 1 aromatic rings. The van der Waals surface area contributed by atoms with Gasteiger partial charge in [-0.2, -0.15) is 0 Å². The lowest BCUT2D eigenvalue weighted by atomic mass is 10.0. The molecule has 6 nitrogen and oxygen atoms in total. The van der Waals surface area contributed by atoms with Crippen molar-refractivity contribution in [2.24, 2.45) is 0 Å². The van der Waals surface area contributed by atoms with E-state index < -0.39 is 24.0 Å². The SMILES string of the molecule is C#CC[C@H](NC(=O)[C@H](Cc1ccccc1)NC(C)=O)C(=O)OC. The first-order valence-corrected chi connectivity index (χ1v) is 7.10. The van der Waals surface area contributed by atoms with Gasteiger partial charge in [-0.25, -0.2) is 4.79 Å². The van der Waals surface area contributed by atoms with Crippen LogP contribution in [0.4, 0.5) is 0 Å². The number of terminal acetylenes is 1. The summed E-state index contributed by atoms with van der Waals surface area (Å²) in [5.74, 6) is 0.856. The number of carbonyl (C=O) groups is 3. The summed E-state index contributed by atoms with van der Waals surface area (Å²) in [4.78, 5) is 35.3. The lowest BCUT2D eigenvalue weighted by molar-refractivity contribution is -0.145. The Labute approximate surface area is 135 Å². The zero-order valence-electron chi connectivity index (χ0n) is 13.2. The summed E-state index contributed by atoms with van der Waals surface area (Å²) in [7, 11) is 1.22. The van der Waals surface area contributed by atoms with E-state index in [4.69, 9.17) is 6.42 Å². The molecule has 2 atom stereocenters. The lowest BCUT2D eigenvalue weighted by Crippen LogP contribution is -2.52. The number of carbonyl (C=O) groups excluding carboxylic acids is 3. The van der Waals surface area contributed by atoms with Gasteiger partial charge in [-0.05, 0) is 5.56 Å². The largest absolute Gasteiger partial charge is 0.467 e. The Bertz CT molecular complexity index is 592. The van der Waals surface area contributed by atoms with Gasteiger partial charge in [0.15, 0.2) is 0 Å². The van der Waals surface area contributed by atoms with Gasteiger partial charge in [0.25, 0.3) is 0 Å². The molecule has 0 unspecified atom stereocenters. The van der Waals surface area contributed by atoms with Crippen molar-refractivity contribution < 1.29 is 19.1 Å². The molecule has 0 radical (unpaired) electrons. The van der Waals surface area contributed by atoms with Crippen molar-refractivity contribution in [2.75, 3.05) is 7.11 Å². The van der Waals surface area contributed by atoms with E-state index in [0.717, 1.165) is 5.56 Å².